The number of hydrogen-bond acceptors (Lipinski definition) is 4. The van der Waals surface area contributed by atoms with Crippen LogP contribution in [0.3, 0.4) is 0 Å². The van der Waals surface area contributed by atoms with Crippen molar-refractivity contribution in [2.24, 2.45) is 5.73 Å². The molecule has 1 aromatic heterocycles. The fourth-order valence-corrected chi connectivity index (χ4v) is 3.64. The van der Waals surface area contributed by atoms with Crippen molar-refractivity contribution >= 4 is 17.2 Å². The minimum absolute atomic E-state index is 0.0908. The molecule has 3 aromatic rings. The number of thiophene rings is 1. The smallest absolute Gasteiger partial charge is 0.252 e. The first kappa shape index (κ1) is 19.1. The summed E-state index contributed by atoms with van der Waals surface area (Å²) in [4.78, 5) is 13.9. The van der Waals surface area contributed by atoms with Crippen LogP contribution in [0.4, 0.5) is 0 Å². The zero-order chi connectivity index (χ0) is 19.2. The van der Waals surface area contributed by atoms with Gasteiger partial charge < -0.3 is 15.8 Å². The summed E-state index contributed by atoms with van der Waals surface area (Å²) in [6.45, 7) is 4.83. The largest absolute Gasteiger partial charge is 0.492 e. The SMILES string of the molecule is Cc1cc(OCCN)ccc1C(=O)N[C@H](C)c1cccc(-c2cccs2)c1. The molecule has 140 valence electrons. The van der Waals surface area contributed by atoms with E-state index >= 15 is 0 Å². The Kier molecular flexibility index (Phi) is 6.27. The fraction of sp³-hybridized carbons (Fsp3) is 0.227. The zero-order valence-electron chi connectivity index (χ0n) is 15.6. The Hall–Kier alpha value is -2.63. The molecule has 27 heavy (non-hydrogen) atoms. The van der Waals surface area contributed by atoms with Crippen LogP contribution in [0.1, 0.15) is 34.5 Å². The Morgan fingerprint density at radius 2 is 2.04 bits per heavy atom. The average molecular weight is 381 g/mol. The van der Waals surface area contributed by atoms with Crippen LogP contribution in [0.5, 0.6) is 5.75 Å². The first-order chi connectivity index (χ1) is 13.1. The van der Waals surface area contributed by atoms with Gasteiger partial charge in [0.05, 0.1) is 6.04 Å². The Labute approximate surface area is 164 Å². The van der Waals surface area contributed by atoms with E-state index in [-0.39, 0.29) is 11.9 Å². The highest BCUT2D eigenvalue weighted by Gasteiger charge is 2.14. The molecule has 1 heterocycles. The number of aryl methyl sites for hydroxylation is 1. The molecule has 0 bridgehead atoms. The zero-order valence-corrected chi connectivity index (χ0v) is 16.4. The second kappa shape index (κ2) is 8.84. The number of nitrogens with one attached hydrogen (secondary N) is 1. The lowest BCUT2D eigenvalue weighted by Crippen LogP contribution is -2.27. The Bertz CT molecular complexity index is 906. The number of carbonyl (C=O) groups is 1. The van der Waals surface area contributed by atoms with E-state index in [4.69, 9.17) is 10.5 Å². The van der Waals surface area contributed by atoms with Gasteiger partial charge in [0.25, 0.3) is 5.91 Å². The minimum atomic E-state index is -0.0926. The van der Waals surface area contributed by atoms with Crippen molar-refractivity contribution in [3.05, 3.63) is 76.7 Å². The van der Waals surface area contributed by atoms with E-state index in [0.29, 0.717) is 18.7 Å². The maximum atomic E-state index is 12.7. The van der Waals surface area contributed by atoms with Crippen LogP contribution in [0.2, 0.25) is 0 Å². The quantitative estimate of drug-likeness (QED) is 0.632. The summed E-state index contributed by atoms with van der Waals surface area (Å²) in [6, 6.07) is 17.8. The average Bonchev–Trinajstić information content (AvgIpc) is 3.21. The van der Waals surface area contributed by atoms with Gasteiger partial charge in [-0.15, -0.1) is 11.3 Å². The molecule has 0 aliphatic rings. The van der Waals surface area contributed by atoms with Crippen molar-refractivity contribution in [2.75, 3.05) is 13.2 Å². The number of carbonyl (C=O) groups excluding carboxylic acids is 1. The predicted octanol–water partition coefficient (Wildman–Crippen LogP) is 4.55. The molecule has 0 aliphatic carbocycles. The molecule has 0 aliphatic heterocycles. The normalized spacial score (nSPS) is 11.8. The summed E-state index contributed by atoms with van der Waals surface area (Å²) < 4.78 is 5.51. The van der Waals surface area contributed by atoms with E-state index < -0.39 is 0 Å². The molecule has 5 heteroatoms. The Morgan fingerprint density at radius 3 is 2.74 bits per heavy atom. The minimum Gasteiger partial charge on any atom is -0.492 e. The Balaban J connectivity index is 1.71. The molecule has 0 saturated heterocycles. The summed E-state index contributed by atoms with van der Waals surface area (Å²) in [6.07, 6.45) is 0. The predicted molar refractivity (Wildman–Crippen MR) is 111 cm³/mol. The van der Waals surface area contributed by atoms with Crippen LogP contribution in [-0.2, 0) is 0 Å². The van der Waals surface area contributed by atoms with Gasteiger partial charge in [-0.3, -0.25) is 4.79 Å². The molecular weight excluding hydrogens is 356 g/mol. The second-order valence-electron chi connectivity index (χ2n) is 6.41. The number of nitrogens with two attached hydrogens (primary N) is 1. The van der Waals surface area contributed by atoms with Gasteiger partial charge in [-0.1, -0.05) is 24.3 Å². The lowest BCUT2D eigenvalue weighted by Gasteiger charge is -2.16. The van der Waals surface area contributed by atoms with Crippen LogP contribution in [0.25, 0.3) is 10.4 Å². The highest BCUT2D eigenvalue weighted by Crippen LogP contribution is 2.27. The lowest BCUT2D eigenvalue weighted by atomic mass is 10.0. The Morgan fingerprint density at radius 1 is 1.19 bits per heavy atom. The van der Waals surface area contributed by atoms with Gasteiger partial charge in [-0.2, -0.15) is 0 Å². The summed E-state index contributed by atoms with van der Waals surface area (Å²) in [5.74, 6) is 0.637. The first-order valence-electron chi connectivity index (χ1n) is 8.96. The molecule has 0 radical (unpaired) electrons. The van der Waals surface area contributed by atoms with Crippen molar-refractivity contribution in [2.45, 2.75) is 19.9 Å². The molecule has 0 fully saturated rings. The topological polar surface area (TPSA) is 64.3 Å². The molecule has 0 spiro atoms. The van der Waals surface area contributed by atoms with Crippen LogP contribution in [-0.4, -0.2) is 19.1 Å². The van der Waals surface area contributed by atoms with Crippen LogP contribution >= 0.6 is 11.3 Å². The van der Waals surface area contributed by atoms with Crippen molar-refractivity contribution in [3.8, 4) is 16.2 Å². The van der Waals surface area contributed by atoms with Crippen LogP contribution in [0, 0.1) is 6.92 Å². The number of hydrogen-bond donors (Lipinski definition) is 2. The maximum Gasteiger partial charge on any atom is 0.252 e. The number of ether oxygens (including phenoxy) is 1. The number of benzene rings is 2. The standard InChI is InChI=1S/C22H24N2O2S/c1-15-13-19(26-11-10-23)8-9-20(15)22(25)24-16(2)17-5-3-6-18(14-17)21-7-4-12-27-21/h3-9,12-14,16H,10-11,23H2,1-2H3,(H,24,25)/t16-/m1/s1. The van der Waals surface area contributed by atoms with E-state index in [0.717, 1.165) is 16.9 Å². The summed E-state index contributed by atoms with van der Waals surface area (Å²) >= 11 is 1.71. The van der Waals surface area contributed by atoms with E-state index in [1.807, 2.05) is 38.1 Å². The van der Waals surface area contributed by atoms with E-state index in [2.05, 4.69) is 28.9 Å². The van der Waals surface area contributed by atoms with Gasteiger partial charge >= 0.3 is 0 Å². The van der Waals surface area contributed by atoms with Gasteiger partial charge in [0.1, 0.15) is 12.4 Å². The summed E-state index contributed by atoms with van der Waals surface area (Å²) in [5.41, 5.74) is 9.23. The highest BCUT2D eigenvalue weighted by atomic mass is 32.1. The number of amides is 1. The van der Waals surface area contributed by atoms with Gasteiger partial charge in [0, 0.05) is 17.0 Å². The van der Waals surface area contributed by atoms with Crippen LogP contribution < -0.4 is 15.8 Å². The molecule has 4 nitrogen and oxygen atoms in total. The molecule has 3 rings (SSSR count). The third-order valence-electron chi connectivity index (χ3n) is 4.37. The third-order valence-corrected chi connectivity index (χ3v) is 5.29. The molecule has 3 N–H and O–H groups in total. The van der Waals surface area contributed by atoms with E-state index in [1.165, 1.54) is 10.4 Å². The molecule has 1 atom stereocenters. The van der Waals surface area contributed by atoms with Gasteiger partial charge in [-0.05, 0) is 66.2 Å². The molecule has 0 saturated carbocycles. The summed E-state index contributed by atoms with van der Waals surface area (Å²) in [5, 5.41) is 5.16. The van der Waals surface area contributed by atoms with Crippen molar-refractivity contribution < 1.29 is 9.53 Å². The number of rotatable bonds is 7. The van der Waals surface area contributed by atoms with Crippen molar-refractivity contribution in [1.82, 2.24) is 5.32 Å². The van der Waals surface area contributed by atoms with Crippen molar-refractivity contribution in [3.63, 3.8) is 0 Å². The molecule has 1 amide bonds. The second-order valence-corrected chi connectivity index (χ2v) is 7.36. The molecule has 2 aromatic carbocycles. The molecular formula is C22H24N2O2S. The van der Waals surface area contributed by atoms with E-state index in [1.54, 1.807) is 23.5 Å². The molecule has 0 unspecified atom stereocenters. The third kappa shape index (κ3) is 4.76. The van der Waals surface area contributed by atoms with Gasteiger partial charge in [0.15, 0.2) is 0 Å². The van der Waals surface area contributed by atoms with Crippen LogP contribution in [0.15, 0.2) is 60.0 Å². The maximum absolute atomic E-state index is 12.7. The fourth-order valence-electron chi connectivity index (χ4n) is 2.92. The van der Waals surface area contributed by atoms with E-state index in [9.17, 15) is 4.79 Å². The summed E-state index contributed by atoms with van der Waals surface area (Å²) in [7, 11) is 0. The van der Waals surface area contributed by atoms with Gasteiger partial charge in [-0.25, -0.2) is 0 Å². The lowest BCUT2D eigenvalue weighted by molar-refractivity contribution is 0.0939. The van der Waals surface area contributed by atoms with Crippen molar-refractivity contribution in [1.29, 1.82) is 0 Å². The monoisotopic (exact) mass is 380 g/mol. The first-order valence-corrected chi connectivity index (χ1v) is 9.84. The van der Waals surface area contributed by atoms with Gasteiger partial charge in [0.2, 0.25) is 0 Å². The highest BCUT2D eigenvalue weighted by molar-refractivity contribution is 7.13.